The summed E-state index contributed by atoms with van der Waals surface area (Å²) in [6, 6.07) is -0.496. The van der Waals surface area contributed by atoms with Gasteiger partial charge in [-0.25, -0.2) is 4.79 Å². The molecule has 1 aliphatic heterocycles. The van der Waals surface area contributed by atoms with E-state index in [1.165, 1.54) is 0 Å². The second kappa shape index (κ2) is 6.83. The molecule has 5 heteroatoms. The number of nitrogens with zero attached hydrogens (tertiary/aromatic N) is 1. The van der Waals surface area contributed by atoms with Crippen molar-refractivity contribution in [2.45, 2.75) is 52.0 Å². The molecule has 0 spiro atoms. The Morgan fingerprint density at radius 3 is 2.67 bits per heavy atom. The average molecular weight is 271 g/mol. The standard InChI is InChI=1S/C13H21NO3S/c1-3-5-10(8-9(2)15)12(18)14-7-4-6-11(14)13(16)17/h10-11H,3-8H2,1-2H3,(H,16,17)/t10?,11-/m0/s1. The van der Waals surface area contributed by atoms with Crippen LogP contribution in [0, 0.1) is 5.92 Å². The molecule has 0 saturated carbocycles. The summed E-state index contributed by atoms with van der Waals surface area (Å²) in [7, 11) is 0. The highest BCUT2D eigenvalue weighted by Gasteiger charge is 2.34. The molecule has 1 fully saturated rings. The first-order chi connectivity index (χ1) is 8.47. The number of carbonyl (C=O) groups excluding carboxylic acids is 1. The van der Waals surface area contributed by atoms with E-state index in [4.69, 9.17) is 17.3 Å². The second-order valence-corrected chi connectivity index (χ2v) is 5.34. The van der Waals surface area contributed by atoms with Crippen LogP contribution in [0.5, 0.6) is 0 Å². The van der Waals surface area contributed by atoms with Crippen molar-refractivity contribution in [3.05, 3.63) is 0 Å². The molecule has 1 aliphatic rings. The van der Waals surface area contributed by atoms with E-state index in [9.17, 15) is 9.59 Å². The van der Waals surface area contributed by atoms with Crippen molar-refractivity contribution >= 4 is 29.0 Å². The number of carboxylic acids is 1. The van der Waals surface area contributed by atoms with Crippen LogP contribution in [0.3, 0.4) is 0 Å². The topological polar surface area (TPSA) is 57.6 Å². The van der Waals surface area contributed by atoms with Crippen LogP contribution in [0.1, 0.15) is 46.0 Å². The lowest BCUT2D eigenvalue weighted by molar-refractivity contribution is -0.140. The molecule has 1 saturated heterocycles. The van der Waals surface area contributed by atoms with Gasteiger partial charge in [-0.15, -0.1) is 0 Å². The van der Waals surface area contributed by atoms with E-state index < -0.39 is 12.0 Å². The Labute approximate surface area is 113 Å². The molecule has 4 nitrogen and oxygen atoms in total. The summed E-state index contributed by atoms with van der Waals surface area (Å²) < 4.78 is 0. The predicted molar refractivity (Wildman–Crippen MR) is 73.7 cm³/mol. The van der Waals surface area contributed by atoms with E-state index in [0.717, 1.165) is 19.3 Å². The molecule has 0 radical (unpaired) electrons. The van der Waals surface area contributed by atoms with Gasteiger partial charge in [0, 0.05) is 18.9 Å². The van der Waals surface area contributed by atoms with Gasteiger partial charge in [-0.2, -0.15) is 0 Å². The fourth-order valence-corrected chi connectivity index (χ4v) is 2.95. The van der Waals surface area contributed by atoms with Crippen molar-refractivity contribution in [2.75, 3.05) is 6.54 Å². The Hall–Kier alpha value is -0.970. The minimum atomic E-state index is -0.812. The molecule has 102 valence electrons. The molecule has 2 atom stereocenters. The Bertz CT molecular complexity index is 343. The van der Waals surface area contributed by atoms with E-state index in [2.05, 4.69) is 6.92 Å². The molecule has 0 aromatic heterocycles. The molecule has 0 amide bonds. The number of hydrogen-bond acceptors (Lipinski definition) is 3. The first-order valence-electron chi connectivity index (χ1n) is 6.50. The molecule has 0 aliphatic carbocycles. The molecular formula is C13H21NO3S. The van der Waals surface area contributed by atoms with E-state index in [1.807, 2.05) is 0 Å². The number of aliphatic carboxylic acids is 1. The summed E-state index contributed by atoms with van der Waals surface area (Å²) in [6.45, 7) is 4.31. The van der Waals surface area contributed by atoms with Crippen molar-refractivity contribution in [1.29, 1.82) is 0 Å². The van der Waals surface area contributed by atoms with Gasteiger partial charge in [0.05, 0.1) is 4.99 Å². The molecule has 1 rings (SSSR count). The Morgan fingerprint density at radius 2 is 2.17 bits per heavy atom. The van der Waals surface area contributed by atoms with E-state index in [1.54, 1.807) is 11.8 Å². The summed E-state index contributed by atoms with van der Waals surface area (Å²) in [5.41, 5.74) is 0. The normalized spacial score (nSPS) is 20.8. The predicted octanol–water partition coefficient (Wildman–Crippen LogP) is 2.26. The molecule has 1 unspecified atom stereocenters. The van der Waals surface area contributed by atoms with Crippen LogP contribution >= 0.6 is 12.2 Å². The summed E-state index contributed by atoms with van der Waals surface area (Å²) in [4.78, 5) is 24.9. The highest BCUT2D eigenvalue weighted by Crippen LogP contribution is 2.24. The summed E-state index contributed by atoms with van der Waals surface area (Å²) in [5.74, 6) is -0.683. The zero-order chi connectivity index (χ0) is 13.7. The fraction of sp³-hybridized carbons (Fsp3) is 0.769. The van der Waals surface area contributed by atoms with Crippen LogP contribution in [0.15, 0.2) is 0 Å². The fourth-order valence-electron chi connectivity index (χ4n) is 2.53. The van der Waals surface area contributed by atoms with E-state index in [-0.39, 0.29) is 11.7 Å². The zero-order valence-electron chi connectivity index (χ0n) is 11.0. The highest BCUT2D eigenvalue weighted by molar-refractivity contribution is 7.80. The number of likely N-dealkylation sites (tertiary alicyclic amines) is 1. The van der Waals surface area contributed by atoms with Gasteiger partial charge in [-0.3, -0.25) is 0 Å². The minimum absolute atomic E-state index is 0.0162. The maximum atomic E-state index is 11.3. The molecule has 1 N–H and O–H groups in total. The van der Waals surface area contributed by atoms with E-state index >= 15 is 0 Å². The molecular weight excluding hydrogens is 250 g/mol. The van der Waals surface area contributed by atoms with Crippen LogP contribution in [-0.2, 0) is 9.59 Å². The Kier molecular flexibility index (Phi) is 5.72. The largest absolute Gasteiger partial charge is 0.480 e. The lowest BCUT2D eigenvalue weighted by Gasteiger charge is -2.29. The van der Waals surface area contributed by atoms with Crippen molar-refractivity contribution < 1.29 is 14.7 Å². The number of carboxylic acid groups (broad SMARTS) is 1. The van der Waals surface area contributed by atoms with E-state index in [0.29, 0.717) is 24.4 Å². The summed E-state index contributed by atoms with van der Waals surface area (Å²) >= 11 is 5.43. The molecule has 18 heavy (non-hydrogen) atoms. The van der Waals surface area contributed by atoms with Crippen molar-refractivity contribution in [1.82, 2.24) is 4.90 Å². The maximum absolute atomic E-state index is 11.3. The van der Waals surface area contributed by atoms with Gasteiger partial charge >= 0.3 is 5.97 Å². The molecule has 0 bridgehead atoms. The monoisotopic (exact) mass is 271 g/mol. The Balaban J connectivity index is 2.75. The number of Topliss-reactive ketones (excluding diaryl/α,β-unsaturated/α-hetero) is 1. The lowest BCUT2D eigenvalue weighted by Crippen LogP contribution is -2.42. The van der Waals surface area contributed by atoms with Gasteiger partial charge < -0.3 is 14.8 Å². The third kappa shape index (κ3) is 3.77. The molecule has 0 aromatic rings. The highest BCUT2D eigenvalue weighted by atomic mass is 32.1. The van der Waals surface area contributed by atoms with Gasteiger partial charge in [0.15, 0.2) is 0 Å². The number of carbonyl (C=O) groups is 2. The first kappa shape index (κ1) is 15.1. The van der Waals surface area contributed by atoms with Crippen molar-refractivity contribution in [2.24, 2.45) is 5.92 Å². The van der Waals surface area contributed by atoms with Crippen LogP contribution in [0.25, 0.3) is 0 Å². The SMILES string of the molecule is CCCC(CC(C)=O)C(=S)N1CCC[C@H]1C(=O)O. The summed E-state index contributed by atoms with van der Waals surface area (Å²) in [5, 5.41) is 9.16. The minimum Gasteiger partial charge on any atom is -0.480 e. The van der Waals surface area contributed by atoms with Crippen LogP contribution in [0.2, 0.25) is 0 Å². The third-order valence-corrected chi connectivity index (χ3v) is 3.91. The smallest absolute Gasteiger partial charge is 0.326 e. The third-order valence-electron chi connectivity index (χ3n) is 3.34. The van der Waals surface area contributed by atoms with Gasteiger partial charge in [-0.1, -0.05) is 25.6 Å². The first-order valence-corrected chi connectivity index (χ1v) is 6.91. The molecule has 1 heterocycles. The van der Waals surface area contributed by atoms with Crippen LogP contribution in [0.4, 0.5) is 0 Å². The van der Waals surface area contributed by atoms with Gasteiger partial charge in [0.2, 0.25) is 0 Å². The zero-order valence-corrected chi connectivity index (χ0v) is 11.8. The van der Waals surface area contributed by atoms with Gasteiger partial charge in [-0.05, 0) is 26.2 Å². The lowest BCUT2D eigenvalue weighted by atomic mass is 9.96. The maximum Gasteiger partial charge on any atom is 0.326 e. The van der Waals surface area contributed by atoms with Crippen molar-refractivity contribution in [3.63, 3.8) is 0 Å². The summed E-state index contributed by atoms with van der Waals surface area (Å²) in [6.07, 6.45) is 3.73. The number of rotatable bonds is 6. The van der Waals surface area contributed by atoms with Crippen molar-refractivity contribution in [3.8, 4) is 0 Å². The van der Waals surface area contributed by atoms with Gasteiger partial charge in [0.25, 0.3) is 0 Å². The quantitative estimate of drug-likeness (QED) is 0.751. The van der Waals surface area contributed by atoms with Crippen LogP contribution < -0.4 is 0 Å². The number of ketones is 1. The van der Waals surface area contributed by atoms with Crippen LogP contribution in [-0.4, -0.2) is 39.3 Å². The number of hydrogen-bond donors (Lipinski definition) is 1. The second-order valence-electron chi connectivity index (χ2n) is 4.92. The van der Waals surface area contributed by atoms with Gasteiger partial charge in [0.1, 0.15) is 11.8 Å². The molecule has 0 aromatic carbocycles. The average Bonchev–Trinajstić information content (AvgIpc) is 2.75. The number of thiocarbonyl (C=S) groups is 1. The Morgan fingerprint density at radius 1 is 1.50 bits per heavy atom.